The van der Waals surface area contributed by atoms with Gasteiger partial charge in [-0.05, 0) is 56.6 Å². The molecule has 0 bridgehead atoms. The molecule has 0 aromatic heterocycles. The molecular formula is C19H32ClNO. The van der Waals surface area contributed by atoms with Crippen molar-refractivity contribution in [2.24, 2.45) is 0 Å². The molecular weight excluding hydrogens is 294 g/mol. The molecule has 0 saturated heterocycles. The van der Waals surface area contributed by atoms with Crippen LogP contribution in [-0.4, -0.2) is 29.6 Å². The number of hydrogen-bond donors (Lipinski definition) is 1. The first-order valence-electron chi connectivity index (χ1n) is 8.83. The van der Waals surface area contributed by atoms with Gasteiger partial charge in [-0.15, -0.1) is 0 Å². The summed E-state index contributed by atoms with van der Waals surface area (Å²) in [4.78, 5) is 2.50. The fourth-order valence-electron chi connectivity index (χ4n) is 2.73. The van der Waals surface area contributed by atoms with Crippen LogP contribution in [0, 0.1) is 0 Å². The highest BCUT2D eigenvalue weighted by Gasteiger charge is 2.08. The summed E-state index contributed by atoms with van der Waals surface area (Å²) in [7, 11) is 0. The van der Waals surface area contributed by atoms with Crippen molar-refractivity contribution in [1.82, 2.24) is 4.90 Å². The Morgan fingerprint density at radius 2 is 1.59 bits per heavy atom. The predicted molar refractivity (Wildman–Crippen MR) is 96.5 cm³/mol. The summed E-state index contributed by atoms with van der Waals surface area (Å²) in [5.41, 5.74) is 0.965. The largest absolute Gasteiger partial charge is 0.388 e. The fourth-order valence-corrected chi connectivity index (χ4v) is 2.85. The highest BCUT2D eigenvalue weighted by molar-refractivity contribution is 6.30. The van der Waals surface area contributed by atoms with Crippen LogP contribution >= 0.6 is 11.6 Å². The first-order chi connectivity index (χ1) is 10.7. The lowest BCUT2D eigenvalue weighted by Crippen LogP contribution is -2.26. The van der Waals surface area contributed by atoms with Gasteiger partial charge >= 0.3 is 0 Å². The Kier molecular flexibility index (Phi) is 10.6. The topological polar surface area (TPSA) is 23.5 Å². The number of hydrogen-bond acceptors (Lipinski definition) is 2. The molecule has 126 valence electrons. The molecule has 1 N–H and O–H groups in total. The molecule has 1 atom stereocenters. The second kappa shape index (κ2) is 11.9. The van der Waals surface area contributed by atoms with Crippen LogP contribution in [0.25, 0.3) is 0 Å². The third-order valence-corrected chi connectivity index (χ3v) is 4.48. The van der Waals surface area contributed by atoms with E-state index in [0.29, 0.717) is 0 Å². The van der Waals surface area contributed by atoms with Gasteiger partial charge in [-0.25, -0.2) is 0 Å². The van der Waals surface area contributed by atoms with Crippen LogP contribution in [-0.2, 0) is 0 Å². The van der Waals surface area contributed by atoms with Crippen molar-refractivity contribution in [3.63, 3.8) is 0 Å². The first kappa shape index (κ1) is 19.5. The van der Waals surface area contributed by atoms with Crippen LogP contribution < -0.4 is 0 Å². The second-order valence-electron chi connectivity index (χ2n) is 6.06. The summed E-state index contributed by atoms with van der Waals surface area (Å²) in [5, 5.41) is 10.9. The predicted octanol–water partition coefficient (Wildman–Crippen LogP) is 5.45. The van der Waals surface area contributed by atoms with Gasteiger partial charge in [0.1, 0.15) is 0 Å². The van der Waals surface area contributed by atoms with E-state index in [1.807, 2.05) is 24.3 Å². The van der Waals surface area contributed by atoms with E-state index in [-0.39, 0.29) is 6.10 Å². The molecule has 1 rings (SSSR count). The van der Waals surface area contributed by atoms with E-state index in [0.717, 1.165) is 36.5 Å². The maximum atomic E-state index is 10.2. The summed E-state index contributed by atoms with van der Waals surface area (Å²) < 4.78 is 0. The number of aliphatic hydroxyl groups excluding tert-OH is 1. The van der Waals surface area contributed by atoms with E-state index >= 15 is 0 Å². The molecule has 0 aliphatic heterocycles. The van der Waals surface area contributed by atoms with Gasteiger partial charge in [-0.3, -0.25) is 0 Å². The standard InChI is InChI=1S/C19H32ClNO/c1-3-5-6-7-8-15-21(4-2)16-9-10-19(22)17-11-13-18(20)14-12-17/h11-14,19,22H,3-10,15-16H2,1-2H3. The molecule has 3 heteroatoms. The summed E-state index contributed by atoms with van der Waals surface area (Å²) in [6.45, 7) is 7.85. The third-order valence-electron chi connectivity index (χ3n) is 4.23. The Bertz CT molecular complexity index is 380. The van der Waals surface area contributed by atoms with E-state index in [4.69, 9.17) is 11.6 Å². The van der Waals surface area contributed by atoms with Gasteiger partial charge in [-0.1, -0.05) is 63.3 Å². The third kappa shape index (κ3) is 8.17. The SMILES string of the molecule is CCCCCCCN(CC)CCCC(O)c1ccc(Cl)cc1. The zero-order valence-electron chi connectivity index (χ0n) is 14.2. The zero-order valence-corrected chi connectivity index (χ0v) is 15.0. The molecule has 0 saturated carbocycles. The van der Waals surface area contributed by atoms with Crippen molar-refractivity contribution in [3.8, 4) is 0 Å². The second-order valence-corrected chi connectivity index (χ2v) is 6.49. The van der Waals surface area contributed by atoms with Crippen molar-refractivity contribution >= 4 is 11.6 Å². The van der Waals surface area contributed by atoms with E-state index in [1.165, 1.54) is 38.6 Å². The van der Waals surface area contributed by atoms with Crippen LogP contribution in [0.1, 0.15) is 70.5 Å². The first-order valence-corrected chi connectivity index (χ1v) is 9.21. The number of halogens is 1. The van der Waals surface area contributed by atoms with Gasteiger partial charge in [0.2, 0.25) is 0 Å². The van der Waals surface area contributed by atoms with Crippen molar-refractivity contribution in [1.29, 1.82) is 0 Å². The van der Waals surface area contributed by atoms with Crippen LogP contribution in [0.3, 0.4) is 0 Å². The summed E-state index contributed by atoms with van der Waals surface area (Å²) in [6.07, 6.45) is 8.15. The molecule has 1 unspecified atom stereocenters. The molecule has 1 aromatic rings. The highest BCUT2D eigenvalue weighted by atomic mass is 35.5. The Hall–Kier alpha value is -0.570. The average Bonchev–Trinajstić information content (AvgIpc) is 2.53. The number of unbranched alkanes of at least 4 members (excludes halogenated alkanes) is 4. The Balaban J connectivity index is 2.18. The lowest BCUT2D eigenvalue weighted by atomic mass is 10.0. The molecule has 0 heterocycles. The summed E-state index contributed by atoms with van der Waals surface area (Å²) in [5.74, 6) is 0. The maximum absolute atomic E-state index is 10.2. The minimum atomic E-state index is -0.375. The maximum Gasteiger partial charge on any atom is 0.0790 e. The Morgan fingerprint density at radius 1 is 0.955 bits per heavy atom. The minimum Gasteiger partial charge on any atom is -0.388 e. The van der Waals surface area contributed by atoms with Gasteiger partial charge in [0.15, 0.2) is 0 Å². The van der Waals surface area contributed by atoms with Crippen LogP contribution in [0.5, 0.6) is 0 Å². The smallest absolute Gasteiger partial charge is 0.0790 e. The molecule has 1 aromatic carbocycles. The molecule has 2 nitrogen and oxygen atoms in total. The van der Waals surface area contributed by atoms with Gasteiger partial charge in [-0.2, -0.15) is 0 Å². The van der Waals surface area contributed by atoms with Crippen molar-refractivity contribution in [3.05, 3.63) is 34.9 Å². The van der Waals surface area contributed by atoms with Crippen LogP contribution in [0.15, 0.2) is 24.3 Å². The Morgan fingerprint density at radius 3 is 2.23 bits per heavy atom. The average molecular weight is 326 g/mol. The molecule has 22 heavy (non-hydrogen) atoms. The number of nitrogens with zero attached hydrogens (tertiary/aromatic N) is 1. The van der Waals surface area contributed by atoms with E-state index in [1.54, 1.807) is 0 Å². The summed E-state index contributed by atoms with van der Waals surface area (Å²) in [6, 6.07) is 7.51. The quantitative estimate of drug-likeness (QED) is 0.517. The van der Waals surface area contributed by atoms with Crippen molar-refractivity contribution in [2.75, 3.05) is 19.6 Å². The lowest BCUT2D eigenvalue weighted by Gasteiger charge is -2.21. The molecule has 0 fully saturated rings. The van der Waals surface area contributed by atoms with Gasteiger partial charge < -0.3 is 10.0 Å². The molecule has 0 amide bonds. The van der Waals surface area contributed by atoms with E-state index in [2.05, 4.69) is 18.7 Å². The molecule has 0 spiro atoms. The highest BCUT2D eigenvalue weighted by Crippen LogP contribution is 2.20. The monoisotopic (exact) mass is 325 g/mol. The molecule has 0 aliphatic rings. The van der Waals surface area contributed by atoms with Crippen molar-refractivity contribution in [2.45, 2.75) is 64.9 Å². The van der Waals surface area contributed by atoms with Crippen LogP contribution in [0.2, 0.25) is 5.02 Å². The van der Waals surface area contributed by atoms with Crippen molar-refractivity contribution < 1.29 is 5.11 Å². The fraction of sp³-hybridized carbons (Fsp3) is 0.684. The van der Waals surface area contributed by atoms with Gasteiger partial charge in [0, 0.05) is 5.02 Å². The van der Waals surface area contributed by atoms with Crippen LogP contribution in [0.4, 0.5) is 0 Å². The zero-order chi connectivity index (χ0) is 16.2. The molecule has 0 aliphatic carbocycles. The number of aliphatic hydroxyl groups is 1. The number of rotatable bonds is 12. The minimum absolute atomic E-state index is 0.375. The number of benzene rings is 1. The Labute approximate surface area is 141 Å². The normalized spacial score (nSPS) is 12.8. The lowest BCUT2D eigenvalue weighted by molar-refractivity contribution is 0.155. The van der Waals surface area contributed by atoms with E-state index in [9.17, 15) is 5.11 Å². The van der Waals surface area contributed by atoms with Gasteiger partial charge in [0.25, 0.3) is 0 Å². The summed E-state index contributed by atoms with van der Waals surface area (Å²) >= 11 is 5.87. The van der Waals surface area contributed by atoms with Gasteiger partial charge in [0.05, 0.1) is 6.10 Å². The molecule has 0 radical (unpaired) electrons. The van der Waals surface area contributed by atoms with E-state index < -0.39 is 0 Å².